The molecule has 0 atom stereocenters. The van der Waals surface area contributed by atoms with Crippen LogP contribution in [0, 0.1) is 6.92 Å². The quantitative estimate of drug-likeness (QED) is 0.521. The molecule has 4 aromatic rings. The summed E-state index contributed by atoms with van der Waals surface area (Å²) in [7, 11) is 1.60. The fraction of sp³-hybridized carbons (Fsp3) is 0.105. The lowest BCUT2D eigenvalue weighted by atomic mass is 10.0. The number of nitrogens with two attached hydrogens (primary N) is 1. The molecule has 4 rings (SSSR count). The maximum Gasteiger partial charge on any atom is 0.243 e. The number of nitrogen functional groups attached to an aromatic ring is 1. The minimum absolute atomic E-state index is 0.155. The second-order valence-corrected chi connectivity index (χ2v) is 7.93. The molecule has 0 unspecified atom stereocenters. The van der Waals surface area contributed by atoms with Crippen molar-refractivity contribution in [3.05, 3.63) is 46.4 Å². The minimum atomic E-state index is -0.155. The van der Waals surface area contributed by atoms with Gasteiger partial charge in [-0.25, -0.2) is 9.97 Å². The lowest BCUT2D eigenvalue weighted by Crippen LogP contribution is -2.13. The average molecular weight is 380 g/mol. The third kappa shape index (κ3) is 2.85. The van der Waals surface area contributed by atoms with Gasteiger partial charge in [-0.05, 0) is 36.1 Å². The van der Waals surface area contributed by atoms with E-state index in [0.29, 0.717) is 5.82 Å². The lowest BCUT2D eigenvalue weighted by molar-refractivity contribution is -0.115. The molecule has 0 radical (unpaired) electrons. The second-order valence-electron chi connectivity index (χ2n) is 5.82. The molecule has 0 aliphatic heterocycles. The molecule has 0 bridgehead atoms. The second kappa shape index (κ2) is 6.51. The zero-order chi connectivity index (χ0) is 18.3. The number of hydrogen-bond acceptors (Lipinski definition) is 6. The van der Waals surface area contributed by atoms with Gasteiger partial charge < -0.3 is 11.1 Å². The first kappa shape index (κ1) is 16.7. The Hall–Kier alpha value is -2.77. The number of amides is 1. The molecule has 1 aromatic carbocycles. The van der Waals surface area contributed by atoms with Crippen molar-refractivity contribution in [3.63, 3.8) is 0 Å². The summed E-state index contributed by atoms with van der Waals surface area (Å²) in [5, 5.41) is 6.64. The van der Waals surface area contributed by atoms with Gasteiger partial charge in [0.2, 0.25) is 5.91 Å². The highest BCUT2D eigenvalue weighted by Gasteiger charge is 2.14. The number of likely N-dealkylation sites (N-methyl/N-ethyl adjacent to an activating group) is 1. The molecule has 7 heteroatoms. The summed E-state index contributed by atoms with van der Waals surface area (Å²) in [5.74, 6) is 0.340. The number of anilines is 1. The average Bonchev–Trinajstić information content (AvgIpc) is 3.23. The third-order valence-electron chi connectivity index (χ3n) is 4.12. The fourth-order valence-corrected chi connectivity index (χ4v) is 4.82. The highest BCUT2D eigenvalue weighted by molar-refractivity contribution is 7.18. The van der Waals surface area contributed by atoms with Crippen LogP contribution in [0.15, 0.2) is 35.9 Å². The molecule has 0 spiro atoms. The predicted octanol–water partition coefficient (Wildman–Crippen LogP) is 4.22. The molecular weight excluding hydrogens is 364 g/mol. The van der Waals surface area contributed by atoms with Crippen LogP contribution in [0.3, 0.4) is 0 Å². The molecule has 0 aliphatic rings. The monoisotopic (exact) mass is 380 g/mol. The van der Waals surface area contributed by atoms with E-state index in [4.69, 9.17) is 5.73 Å². The first-order chi connectivity index (χ1) is 12.6. The smallest absolute Gasteiger partial charge is 0.243 e. The van der Waals surface area contributed by atoms with Crippen LogP contribution in [0.4, 0.5) is 5.82 Å². The van der Waals surface area contributed by atoms with Crippen LogP contribution in [0.1, 0.15) is 10.6 Å². The zero-order valence-corrected chi connectivity index (χ0v) is 15.9. The number of benzene rings is 1. The molecule has 0 saturated heterocycles. The Labute approximate surface area is 158 Å². The number of aromatic nitrogens is 2. The normalized spacial score (nSPS) is 11.6. The van der Waals surface area contributed by atoms with E-state index in [9.17, 15) is 4.79 Å². The van der Waals surface area contributed by atoms with Crippen molar-refractivity contribution >= 4 is 60.8 Å². The molecule has 0 aliphatic carbocycles. The highest BCUT2D eigenvalue weighted by atomic mass is 32.1. The van der Waals surface area contributed by atoms with Crippen LogP contribution in [0.5, 0.6) is 0 Å². The number of nitrogens with one attached hydrogen (secondary N) is 1. The number of pyridine rings is 1. The van der Waals surface area contributed by atoms with Crippen LogP contribution < -0.4 is 11.1 Å². The van der Waals surface area contributed by atoms with E-state index in [1.54, 1.807) is 42.0 Å². The number of thiazole rings is 1. The van der Waals surface area contributed by atoms with Gasteiger partial charge in [0.25, 0.3) is 0 Å². The highest BCUT2D eigenvalue weighted by Crippen LogP contribution is 2.40. The molecule has 5 nitrogen and oxygen atoms in total. The number of carbonyl (C=O) groups excluding carboxylic acids is 1. The van der Waals surface area contributed by atoms with Crippen molar-refractivity contribution in [2.75, 3.05) is 12.8 Å². The number of thiophene rings is 1. The van der Waals surface area contributed by atoms with Crippen LogP contribution in [-0.2, 0) is 4.79 Å². The van der Waals surface area contributed by atoms with Gasteiger partial charge in [0, 0.05) is 40.5 Å². The Kier molecular flexibility index (Phi) is 4.18. The minimum Gasteiger partial charge on any atom is -0.383 e. The summed E-state index contributed by atoms with van der Waals surface area (Å²) in [5.41, 5.74) is 10.2. The Morgan fingerprint density at radius 2 is 2.19 bits per heavy atom. The van der Waals surface area contributed by atoms with E-state index in [2.05, 4.69) is 32.8 Å². The van der Waals surface area contributed by atoms with Crippen molar-refractivity contribution in [3.8, 4) is 11.1 Å². The van der Waals surface area contributed by atoms with Gasteiger partial charge in [-0.1, -0.05) is 6.07 Å². The predicted molar refractivity (Wildman–Crippen MR) is 110 cm³/mol. The Bertz CT molecular complexity index is 1170. The maximum atomic E-state index is 11.5. The van der Waals surface area contributed by atoms with Gasteiger partial charge in [0.1, 0.15) is 5.82 Å². The van der Waals surface area contributed by atoms with Crippen LogP contribution in [0.2, 0.25) is 0 Å². The lowest BCUT2D eigenvalue weighted by Gasteiger charge is -2.04. The fourth-order valence-electron chi connectivity index (χ4n) is 2.87. The largest absolute Gasteiger partial charge is 0.383 e. The van der Waals surface area contributed by atoms with Gasteiger partial charge in [0.05, 0.1) is 15.2 Å². The van der Waals surface area contributed by atoms with Crippen LogP contribution in [-0.4, -0.2) is 22.9 Å². The zero-order valence-electron chi connectivity index (χ0n) is 14.2. The molecule has 3 N–H and O–H groups in total. The van der Waals surface area contributed by atoms with Gasteiger partial charge in [-0.15, -0.1) is 22.7 Å². The van der Waals surface area contributed by atoms with Gasteiger partial charge in [-0.2, -0.15) is 0 Å². The Balaban J connectivity index is 1.87. The molecule has 3 aromatic heterocycles. The maximum absolute atomic E-state index is 11.5. The SMILES string of the molecule is CNC(=O)C=Cc1cnc(N)c2c(-c3ccc4nc(C)sc4c3)csc12. The van der Waals surface area contributed by atoms with E-state index < -0.39 is 0 Å². The number of hydrogen-bond donors (Lipinski definition) is 2. The van der Waals surface area contributed by atoms with Crippen LogP contribution >= 0.6 is 22.7 Å². The first-order valence-electron chi connectivity index (χ1n) is 8.00. The van der Waals surface area contributed by atoms with E-state index in [1.807, 2.05) is 13.0 Å². The van der Waals surface area contributed by atoms with Crippen molar-refractivity contribution < 1.29 is 4.79 Å². The summed E-state index contributed by atoms with van der Waals surface area (Å²) >= 11 is 3.28. The standard InChI is InChI=1S/C19H16N4OS2/c1-10-23-14-5-3-11(7-15(14)26-10)13-9-25-18-12(4-6-16(24)21-2)8-22-19(20)17(13)18/h3-9H,1-2H3,(H2,20,22)(H,21,24). The topological polar surface area (TPSA) is 80.9 Å². The molecule has 26 heavy (non-hydrogen) atoms. The Morgan fingerprint density at radius 3 is 3.00 bits per heavy atom. The van der Waals surface area contributed by atoms with Crippen molar-refractivity contribution in [1.29, 1.82) is 0 Å². The molecule has 0 fully saturated rings. The van der Waals surface area contributed by atoms with E-state index >= 15 is 0 Å². The van der Waals surface area contributed by atoms with E-state index in [-0.39, 0.29) is 5.91 Å². The molecular formula is C19H16N4OS2. The molecule has 0 saturated carbocycles. The molecule has 130 valence electrons. The van der Waals surface area contributed by atoms with Gasteiger partial charge in [0.15, 0.2) is 0 Å². The van der Waals surface area contributed by atoms with E-state index in [0.717, 1.165) is 42.0 Å². The van der Waals surface area contributed by atoms with Gasteiger partial charge >= 0.3 is 0 Å². The van der Waals surface area contributed by atoms with Crippen molar-refractivity contribution in [1.82, 2.24) is 15.3 Å². The number of fused-ring (bicyclic) bond motifs is 2. The summed E-state index contributed by atoms with van der Waals surface area (Å²) in [6.07, 6.45) is 4.97. The van der Waals surface area contributed by atoms with Crippen molar-refractivity contribution in [2.45, 2.75) is 6.92 Å². The Morgan fingerprint density at radius 1 is 1.35 bits per heavy atom. The number of aryl methyl sites for hydroxylation is 1. The summed E-state index contributed by atoms with van der Waals surface area (Å²) in [4.78, 5) is 20.3. The summed E-state index contributed by atoms with van der Waals surface area (Å²) in [6, 6.07) is 6.25. The molecule has 3 heterocycles. The number of rotatable bonds is 3. The number of nitrogens with zero attached hydrogens (tertiary/aromatic N) is 2. The molecule has 1 amide bonds. The third-order valence-corrected chi connectivity index (χ3v) is 6.08. The summed E-state index contributed by atoms with van der Waals surface area (Å²) < 4.78 is 2.18. The van der Waals surface area contributed by atoms with Gasteiger partial charge in [-0.3, -0.25) is 4.79 Å². The summed E-state index contributed by atoms with van der Waals surface area (Å²) in [6.45, 7) is 2.01. The first-order valence-corrected chi connectivity index (χ1v) is 9.69. The number of carbonyl (C=O) groups is 1. The van der Waals surface area contributed by atoms with Crippen molar-refractivity contribution in [2.24, 2.45) is 0 Å². The van der Waals surface area contributed by atoms with E-state index in [1.165, 1.54) is 6.08 Å². The van der Waals surface area contributed by atoms with Crippen LogP contribution in [0.25, 0.3) is 37.5 Å².